The van der Waals surface area contributed by atoms with E-state index in [9.17, 15) is 10.6 Å². The fraction of sp³-hybridized carbons (Fsp3) is 0.194. The number of phenolic OH excluding ortho intramolecular Hbond substituents is 1. The Morgan fingerprint density at radius 1 is 0.583 bits per heavy atom. The van der Waals surface area contributed by atoms with Crippen molar-refractivity contribution in [1.29, 1.82) is 0 Å². The summed E-state index contributed by atoms with van der Waals surface area (Å²) in [6.45, 7) is 0.236. The molecule has 0 saturated carbocycles. The monoisotopic (exact) mass is 1140 g/mol. The van der Waals surface area contributed by atoms with Crippen LogP contribution in [0, 0.1) is 6.07 Å². The van der Waals surface area contributed by atoms with Gasteiger partial charge in [0.15, 0.2) is 0 Å². The third kappa shape index (κ3) is 9.78. The van der Waals surface area contributed by atoms with Crippen molar-refractivity contribution in [3.63, 3.8) is 0 Å². The smallest absolute Gasteiger partial charge is 0.148 e. The maximum absolute atomic E-state index is 12.6. The molecule has 0 unspecified atom stereocenters. The Morgan fingerprint density at radius 2 is 1.22 bits per heavy atom. The fourth-order valence-corrected chi connectivity index (χ4v) is 9.14. The topological polar surface area (TPSA) is 50.9 Å². The molecular weight excluding hydrogens is 1060 g/mol. The summed E-state index contributed by atoms with van der Waals surface area (Å²) in [5.74, 6) is -0.615. The minimum Gasteiger partial charge on any atom is -0.507 e. The van der Waals surface area contributed by atoms with Crippen LogP contribution < -0.4 is 0 Å². The Kier molecular flexibility index (Phi) is 9.56. The standard InChI is InChI=1S/C67H62N3O.Pt/c1-42(2)50-37-57(44(5)6)65(71)60(38-50)66-69-64-55(26-19-27-62(64)70(66)63-41-58(47-22-15-11-16-23-47)56(43(3)4)40-59(63)48-24-17-12-18-25-48)52-34-51(45-20-13-10-14-21-45)35-53(36-52)61-39-49(32-33-68-61)46-28-30-54(31-29-46)67(7,8)9;/h10-35,37-44,71H,1-9H3;/q-1;/i7D3,8D3,9D3,28D,29D,30D,31D,32D,39D,43D;. The van der Waals surface area contributed by atoms with Crippen molar-refractivity contribution in [2.75, 3.05) is 0 Å². The van der Waals surface area contributed by atoms with Gasteiger partial charge in [-0.3, -0.25) is 9.55 Å². The number of nitrogens with zero attached hydrogens (tertiary/aromatic N) is 3. The van der Waals surface area contributed by atoms with E-state index in [0.717, 1.165) is 50.7 Å². The minimum atomic E-state index is -3.91. The normalized spacial score (nSPS) is 15.6. The molecule has 2 heterocycles. The number of pyridine rings is 1. The van der Waals surface area contributed by atoms with Crippen LogP contribution in [0.4, 0.5) is 0 Å². The van der Waals surface area contributed by atoms with Gasteiger partial charge in [-0.05, 0) is 109 Å². The number of benzene rings is 8. The Balaban J connectivity index is 0.00000922. The molecule has 5 heteroatoms. The van der Waals surface area contributed by atoms with Gasteiger partial charge in [0.1, 0.15) is 11.6 Å². The zero-order chi connectivity index (χ0) is 63.2. The second kappa shape index (κ2) is 20.5. The van der Waals surface area contributed by atoms with E-state index < -0.39 is 84.8 Å². The molecule has 0 amide bonds. The second-order valence-corrected chi connectivity index (χ2v) is 18.7. The van der Waals surface area contributed by atoms with Crippen molar-refractivity contribution in [1.82, 2.24) is 14.5 Å². The summed E-state index contributed by atoms with van der Waals surface area (Å²) in [7, 11) is 0. The maximum atomic E-state index is 12.6. The second-order valence-electron chi connectivity index (χ2n) is 18.7. The van der Waals surface area contributed by atoms with Crippen molar-refractivity contribution in [3.05, 3.63) is 216 Å². The first-order valence-corrected chi connectivity index (χ1v) is 23.7. The zero-order valence-electron chi connectivity index (χ0n) is 56.7. The molecule has 72 heavy (non-hydrogen) atoms. The molecule has 4 nitrogen and oxygen atoms in total. The van der Waals surface area contributed by atoms with E-state index in [2.05, 4.69) is 41.6 Å². The van der Waals surface area contributed by atoms with Crippen LogP contribution in [0.3, 0.4) is 0 Å². The van der Waals surface area contributed by atoms with E-state index in [0.29, 0.717) is 44.8 Å². The minimum absolute atomic E-state index is 0. The number of imidazole rings is 1. The molecule has 2 aromatic heterocycles. The Bertz CT molecular complexity index is 4240. The summed E-state index contributed by atoms with van der Waals surface area (Å²) in [6.07, 6.45) is 1.06. The van der Waals surface area contributed by atoms with Crippen LogP contribution in [0.2, 0.25) is 0 Å². The van der Waals surface area contributed by atoms with Gasteiger partial charge in [-0.25, -0.2) is 4.98 Å². The van der Waals surface area contributed by atoms with Gasteiger partial charge in [-0.15, -0.1) is 23.8 Å². The molecule has 0 spiro atoms. The summed E-state index contributed by atoms with van der Waals surface area (Å²) in [5.41, 5.74) is 4.19. The molecule has 10 rings (SSSR count). The third-order valence-electron chi connectivity index (χ3n) is 12.9. The predicted molar refractivity (Wildman–Crippen MR) is 298 cm³/mol. The molecule has 1 N–H and O–H groups in total. The van der Waals surface area contributed by atoms with E-state index >= 15 is 0 Å². The molecule has 0 bridgehead atoms. The number of phenols is 1. The molecule has 0 atom stereocenters. The van der Waals surface area contributed by atoms with E-state index in [1.807, 2.05) is 155 Å². The summed E-state index contributed by atoms with van der Waals surface area (Å²) in [4.78, 5) is 10.2. The van der Waals surface area contributed by atoms with Gasteiger partial charge in [0, 0.05) is 52.2 Å². The van der Waals surface area contributed by atoms with Gasteiger partial charge < -0.3 is 5.11 Å². The van der Waals surface area contributed by atoms with Crippen molar-refractivity contribution in [3.8, 4) is 89.7 Å². The first-order valence-electron chi connectivity index (χ1n) is 31.7. The fourth-order valence-electron chi connectivity index (χ4n) is 9.14. The molecule has 0 radical (unpaired) electrons. The number of aromatic hydroxyl groups is 1. The summed E-state index contributed by atoms with van der Waals surface area (Å²) in [6, 6.07) is 44.4. The first kappa shape index (κ1) is 33.5. The molecule has 362 valence electrons. The molecule has 0 fully saturated rings. The van der Waals surface area contributed by atoms with Crippen LogP contribution in [0.1, 0.15) is 124 Å². The van der Waals surface area contributed by atoms with Crippen LogP contribution in [0.5, 0.6) is 5.75 Å². The predicted octanol–water partition coefficient (Wildman–Crippen LogP) is 18.3. The van der Waals surface area contributed by atoms with Crippen LogP contribution in [0.15, 0.2) is 188 Å². The van der Waals surface area contributed by atoms with Crippen LogP contribution in [0.25, 0.3) is 95.0 Å². The quantitative estimate of drug-likeness (QED) is 0.131. The largest absolute Gasteiger partial charge is 0.507 e. The number of hydrogen-bond donors (Lipinski definition) is 1. The molecule has 8 aromatic carbocycles. The van der Waals surface area contributed by atoms with E-state index in [1.54, 1.807) is 6.07 Å². The number of para-hydroxylation sites is 1. The van der Waals surface area contributed by atoms with E-state index in [1.165, 1.54) is 0 Å². The van der Waals surface area contributed by atoms with Crippen LogP contribution in [-0.4, -0.2) is 19.6 Å². The van der Waals surface area contributed by atoms with Crippen molar-refractivity contribution < 1.29 is 48.1 Å². The van der Waals surface area contributed by atoms with Crippen LogP contribution >= 0.6 is 0 Å². The van der Waals surface area contributed by atoms with Gasteiger partial charge >= 0.3 is 0 Å². The SMILES string of the molecule is [2H]c1cnc(-c2[c-]c(-c3cccc4c3nc(-c3cc(C(C)C)cc(C(C)C)c3O)n4-c3cc(-c4ccccc4)c(C([2H])(C)C)cc3-c3ccccc3)cc(-c3ccccc3)c2)c([2H])c1-c1c([2H])c([2H])c(C(C([2H])([2H])[2H])(C([2H])([2H])[2H])C([2H])([2H])[2H])c([2H])c1[2H].[Pt]. The van der Waals surface area contributed by atoms with Gasteiger partial charge in [0.05, 0.1) is 30.5 Å². The van der Waals surface area contributed by atoms with Gasteiger partial charge in [0.2, 0.25) is 0 Å². The molecule has 10 aromatic rings. The van der Waals surface area contributed by atoms with Gasteiger partial charge in [-0.2, -0.15) is 0 Å². The number of rotatable bonds is 11. The van der Waals surface area contributed by atoms with Crippen molar-refractivity contribution >= 4 is 11.0 Å². The number of aromatic nitrogens is 3. The average molecular weight is 1140 g/mol. The zero-order valence-corrected chi connectivity index (χ0v) is 43.0. The Morgan fingerprint density at radius 3 is 1.85 bits per heavy atom. The Labute approximate surface area is 463 Å². The van der Waals surface area contributed by atoms with Gasteiger partial charge in [-0.1, -0.05) is 218 Å². The first-order chi connectivity index (χ1) is 40.8. The summed E-state index contributed by atoms with van der Waals surface area (Å²) in [5, 5.41) is 12.6. The average Bonchev–Trinajstić information content (AvgIpc) is 0.873. The van der Waals surface area contributed by atoms with Crippen LogP contribution in [-0.2, 0) is 26.5 Å². The van der Waals surface area contributed by atoms with Gasteiger partial charge in [0.25, 0.3) is 0 Å². The summed E-state index contributed by atoms with van der Waals surface area (Å²) < 4.78 is 142. The number of hydrogen-bond acceptors (Lipinski definition) is 3. The van der Waals surface area contributed by atoms with Crippen molar-refractivity contribution in [2.45, 2.75) is 85.2 Å². The molecular formula is C67H62N3OPt-. The van der Waals surface area contributed by atoms with E-state index in [-0.39, 0.29) is 49.9 Å². The van der Waals surface area contributed by atoms with E-state index in [4.69, 9.17) is 21.4 Å². The number of fused-ring (bicyclic) bond motifs is 1. The molecule has 0 aliphatic rings. The molecule has 0 aliphatic heterocycles. The molecule has 0 saturated heterocycles. The maximum Gasteiger partial charge on any atom is 0.148 e. The summed E-state index contributed by atoms with van der Waals surface area (Å²) >= 11 is 0. The Hall–Kier alpha value is -7.13. The molecule has 0 aliphatic carbocycles. The third-order valence-corrected chi connectivity index (χ3v) is 12.9. The van der Waals surface area contributed by atoms with Crippen molar-refractivity contribution in [2.24, 2.45) is 0 Å².